The SMILES string of the molecule is O=C(C=Cc1ccccc1F)NCC(O)c1cccc(N2CCOCC2)c1. The van der Waals surface area contributed by atoms with Gasteiger partial charge in [0.1, 0.15) is 5.82 Å². The lowest BCUT2D eigenvalue weighted by atomic mass is 10.1. The van der Waals surface area contributed by atoms with Crippen LogP contribution in [0, 0.1) is 5.82 Å². The zero-order valence-electron chi connectivity index (χ0n) is 15.0. The van der Waals surface area contributed by atoms with Crippen LogP contribution in [-0.2, 0) is 9.53 Å². The molecule has 0 spiro atoms. The molecule has 2 aromatic rings. The summed E-state index contributed by atoms with van der Waals surface area (Å²) in [5, 5.41) is 13.0. The Hall–Kier alpha value is -2.70. The van der Waals surface area contributed by atoms with Crippen molar-refractivity contribution in [1.82, 2.24) is 5.32 Å². The second-order valence-electron chi connectivity index (χ2n) is 6.31. The van der Waals surface area contributed by atoms with Crippen molar-refractivity contribution in [2.24, 2.45) is 0 Å². The molecule has 5 nitrogen and oxygen atoms in total. The minimum Gasteiger partial charge on any atom is -0.387 e. The highest BCUT2D eigenvalue weighted by atomic mass is 19.1. The van der Waals surface area contributed by atoms with Gasteiger partial charge in [-0.05, 0) is 29.8 Å². The lowest BCUT2D eigenvalue weighted by Crippen LogP contribution is -2.36. The van der Waals surface area contributed by atoms with E-state index in [1.54, 1.807) is 18.2 Å². The first-order valence-corrected chi connectivity index (χ1v) is 8.94. The molecule has 1 unspecified atom stereocenters. The molecule has 0 radical (unpaired) electrons. The van der Waals surface area contributed by atoms with Gasteiger partial charge < -0.3 is 20.1 Å². The Kier molecular flexibility index (Phi) is 6.57. The molecule has 1 fully saturated rings. The van der Waals surface area contributed by atoms with Crippen molar-refractivity contribution in [3.05, 3.63) is 71.6 Å². The first-order chi connectivity index (χ1) is 13.1. The van der Waals surface area contributed by atoms with Crippen LogP contribution >= 0.6 is 0 Å². The molecule has 0 aromatic heterocycles. The van der Waals surface area contributed by atoms with Crippen molar-refractivity contribution >= 4 is 17.7 Å². The smallest absolute Gasteiger partial charge is 0.244 e. The summed E-state index contributed by atoms with van der Waals surface area (Å²) in [4.78, 5) is 14.1. The van der Waals surface area contributed by atoms with Crippen molar-refractivity contribution in [3.63, 3.8) is 0 Å². The van der Waals surface area contributed by atoms with Gasteiger partial charge in [0, 0.05) is 37.0 Å². The number of carbonyl (C=O) groups is 1. The summed E-state index contributed by atoms with van der Waals surface area (Å²) >= 11 is 0. The average Bonchev–Trinajstić information content (AvgIpc) is 2.72. The van der Waals surface area contributed by atoms with E-state index in [0.717, 1.165) is 24.3 Å². The van der Waals surface area contributed by atoms with E-state index in [-0.39, 0.29) is 18.3 Å². The van der Waals surface area contributed by atoms with E-state index >= 15 is 0 Å². The zero-order valence-corrected chi connectivity index (χ0v) is 15.0. The molecule has 142 valence electrons. The van der Waals surface area contributed by atoms with Crippen LogP contribution in [0.15, 0.2) is 54.6 Å². The summed E-state index contributed by atoms with van der Waals surface area (Å²) in [6.07, 6.45) is 1.85. The maximum absolute atomic E-state index is 13.5. The maximum atomic E-state index is 13.5. The van der Waals surface area contributed by atoms with Gasteiger partial charge in [0.05, 0.1) is 19.3 Å². The van der Waals surface area contributed by atoms with Crippen LogP contribution in [0.3, 0.4) is 0 Å². The number of halogens is 1. The quantitative estimate of drug-likeness (QED) is 0.767. The predicted molar refractivity (Wildman–Crippen MR) is 103 cm³/mol. The molecule has 1 saturated heterocycles. The number of carbonyl (C=O) groups excluding carboxylic acids is 1. The summed E-state index contributed by atoms with van der Waals surface area (Å²) in [5.74, 6) is -0.775. The Labute approximate surface area is 158 Å². The standard InChI is InChI=1S/C21H23FN2O3/c22-19-7-2-1-4-16(19)8-9-21(26)23-15-20(25)17-5-3-6-18(14-17)24-10-12-27-13-11-24/h1-9,14,20,25H,10-13,15H2,(H,23,26). The molecule has 6 heteroatoms. The highest BCUT2D eigenvalue weighted by Gasteiger charge is 2.14. The second-order valence-corrected chi connectivity index (χ2v) is 6.31. The first kappa shape index (κ1) is 19.1. The zero-order chi connectivity index (χ0) is 19.1. The van der Waals surface area contributed by atoms with E-state index in [1.807, 2.05) is 24.3 Å². The van der Waals surface area contributed by atoms with Crippen molar-refractivity contribution in [2.45, 2.75) is 6.10 Å². The van der Waals surface area contributed by atoms with E-state index in [1.165, 1.54) is 18.2 Å². The molecule has 0 saturated carbocycles. The van der Waals surface area contributed by atoms with Crippen molar-refractivity contribution in [3.8, 4) is 0 Å². The van der Waals surface area contributed by atoms with Gasteiger partial charge in [-0.2, -0.15) is 0 Å². The number of hydrogen-bond acceptors (Lipinski definition) is 4. The number of anilines is 1. The molecule has 2 aromatic carbocycles. The molecule has 0 aliphatic carbocycles. The molecule has 1 aliphatic heterocycles. The van der Waals surface area contributed by atoms with E-state index in [0.29, 0.717) is 18.8 Å². The third kappa shape index (κ3) is 5.39. The molecule has 3 rings (SSSR count). The number of hydrogen-bond donors (Lipinski definition) is 2. The Morgan fingerprint density at radius 3 is 2.78 bits per heavy atom. The molecular weight excluding hydrogens is 347 g/mol. The third-order valence-corrected chi connectivity index (χ3v) is 4.42. The molecule has 1 heterocycles. The number of aliphatic hydroxyl groups excluding tert-OH is 1. The summed E-state index contributed by atoms with van der Waals surface area (Å²) in [7, 11) is 0. The van der Waals surface area contributed by atoms with Gasteiger partial charge in [-0.1, -0.05) is 30.3 Å². The van der Waals surface area contributed by atoms with E-state index in [9.17, 15) is 14.3 Å². The summed E-state index contributed by atoms with van der Waals surface area (Å²) in [6.45, 7) is 3.09. The van der Waals surface area contributed by atoms with Gasteiger partial charge in [0.15, 0.2) is 0 Å². The lowest BCUT2D eigenvalue weighted by molar-refractivity contribution is -0.116. The predicted octanol–water partition coefficient (Wildman–Crippen LogP) is 2.53. The van der Waals surface area contributed by atoms with Crippen LogP contribution in [0.5, 0.6) is 0 Å². The fourth-order valence-corrected chi connectivity index (χ4v) is 2.90. The van der Waals surface area contributed by atoms with Crippen molar-refractivity contribution in [2.75, 3.05) is 37.7 Å². The number of aliphatic hydroxyl groups is 1. The van der Waals surface area contributed by atoms with Crippen molar-refractivity contribution < 1.29 is 19.0 Å². The molecule has 1 aliphatic rings. The van der Waals surface area contributed by atoms with Crippen LogP contribution in [0.25, 0.3) is 6.08 Å². The van der Waals surface area contributed by atoms with Gasteiger partial charge in [-0.25, -0.2) is 4.39 Å². The highest BCUT2D eigenvalue weighted by molar-refractivity contribution is 5.91. The van der Waals surface area contributed by atoms with Crippen molar-refractivity contribution in [1.29, 1.82) is 0 Å². The summed E-state index contributed by atoms with van der Waals surface area (Å²) in [5.41, 5.74) is 2.10. The van der Waals surface area contributed by atoms with Crippen LogP contribution in [0.2, 0.25) is 0 Å². The molecule has 1 atom stereocenters. The number of rotatable bonds is 6. The number of benzene rings is 2. The fourth-order valence-electron chi connectivity index (χ4n) is 2.90. The Morgan fingerprint density at radius 2 is 2.00 bits per heavy atom. The fraction of sp³-hybridized carbons (Fsp3) is 0.286. The molecular formula is C21H23FN2O3. The monoisotopic (exact) mass is 370 g/mol. The third-order valence-electron chi connectivity index (χ3n) is 4.42. The van der Waals surface area contributed by atoms with Crippen LogP contribution in [0.1, 0.15) is 17.2 Å². The van der Waals surface area contributed by atoms with E-state index in [4.69, 9.17) is 4.74 Å². The Balaban J connectivity index is 1.55. The normalized spacial score (nSPS) is 15.7. The van der Waals surface area contributed by atoms with Crippen LogP contribution in [0.4, 0.5) is 10.1 Å². The summed E-state index contributed by atoms with van der Waals surface area (Å²) < 4.78 is 18.9. The van der Waals surface area contributed by atoms with Crippen LogP contribution in [-0.4, -0.2) is 43.9 Å². The van der Waals surface area contributed by atoms with Gasteiger partial charge in [-0.3, -0.25) is 4.79 Å². The molecule has 27 heavy (non-hydrogen) atoms. The minimum absolute atomic E-state index is 0.0764. The Bertz CT molecular complexity index is 804. The van der Waals surface area contributed by atoms with Gasteiger partial charge in [0.25, 0.3) is 0 Å². The van der Waals surface area contributed by atoms with Gasteiger partial charge >= 0.3 is 0 Å². The maximum Gasteiger partial charge on any atom is 0.244 e. The number of nitrogens with zero attached hydrogens (tertiary/aromatic N) is 1. The first-order valence-electron chi connectivity index (χ1n) is 8.94. The van der Waals surface area contributed by atoms with Crippen LogP contribution < -0.4 is 10.2 Å². The minimum atomic E-state index is -0.822. The van der Waals surface area contributed by atoms with Gasteiger partial charge in [-0.15, -0.1) is 0 Å². The largest absolute Gasteiger partial charge is 0.387 e. The number of amides is 1. The average molecular weight is 370 g/mol. The number of nitrogens with one attached hydrogen (secondary N) is 1. The topological polar surface area (TPSA) is 61.8 Å². The highest BCUT2D eigenvalue weighted by Crippen LogP contribution is 2.21. The van der Waals surface area contributed by atoms with Gasteiger partial charge in [0.2, 0.25) is 5.91 Å². The molecule has 0 bridgehead atoms. The second kappa shape index (κ2) is 9.30. The number of ether oxygens (including phenoxy) is 1. The number of morpholine rings is 1. The molecule has 2 N–H and O–H groups in total. The van der Waals surface area contributed by atoms with E-state index < -0.39 is 6.10 Å². The lowest BCUT2D eigenvalue weighted by Gasteiger charge is -2.29. The van der Waals surface area contributed by atoms with E-state index in [2.05, 4.69) is 10.2 Å². The Morgan fingerprint density at radius 1 is 1.22 bits per heavy atom. The molecule has 1 amide bonds. The summed E-state index contributed by atoms with van der Waals surface area (Å²) in [6, 6.07) is 13.9.